The van der Waals surface area contributed by atoms with Gasteiger partial charge >= 0.3 is 0 Å². The molecule has 1 atom stereocenters. The van der Waals surface area contributed by atoms with Gasteiger partial charge in [-0.25, -0.2) is 4.39 Å². The number of anilines is 1. The molecule has 0 aliphatic carbocycles. The lowest BCUT2D eigenvalue weighted by Gasteiger charge is -2.16. The van der Waals surface area contributed by atoms with E-state index in [2.05, 4.69) is 0 Å². The monoisotopic (exact) mass is 213 g/mol. The third-order valence-electron chi connectivity index (χ3n) is 2.04. The van der Waals surface area contributed by atoms with Gasteiger partial charge in [0.1, 0.15) is 0 Å². The third kappa shape index (κ3) is 3.40. The number of para-hydroxylation sites is 1. The lowest BCUT2D eigenvalue weighted by atomic mass is 10.2. The van der Waals surface area contributed by atoms with Gasteiger partial charge in [0, 0.05) is 20.1 Å². The number of ether oxygens (including phenoxy) is 2. The maximum absolute atomic E-state index is 13.3. The number of rotatable bonds is 5. The molecule has 4 heteroatoms. The van der Waals surface area contributed by atoms with E-state index in [9.17, 15) is 4.39 Å². The zero-order valence-electron chi connectivity index (χ0n) is 9.00. The van der Waals surface area contributed by atoms with E-state index >= 15 is 0 Å². The molecule has 0 saturated carbocycles. The number of benzene rings is 1. The van der Waals surface area contributed by atoms with Gasteiger partial charge in [-0.2, -0.15) is 0 Å². The maximum atomic E-state index is 13.3. The zero-order chi connectivity index (χ0) is 11.3. The van der Waals surface area contributed by atoms with Crippen LogP contribution >= 0.6 is 0 Å². The average Bonchev–Trinajstić information content (AvgIpc) is 2.21. The van der Waals surface area contributed by atoms with Gasteiger partial charge in [0.15, 0.2) is 11.6 Å². The van der Waals surface area contributed by atoms with Gasteiger partial charge in [-0.3, -0.25) is 0 Å². The molecular weight excluding hydrogens is 197 g/mol. The zero-order valence-corrected chi connectivity index (χ0v) is 9.00. The molecular formula is C11H16FNO2. The topological polar surface area (TPSA) is 44.5 Å². The fraction of sp³-hybridized carbons (Fsp3) is 0.455. The van der Waals surface area contributed by atoms with Crippen molar-refractivity contribution in [2.24, 2.45) is 0 Å². The van der Waals surface area contributed by atoms with E-state index in [0.29, 0.717) is 18.7 Å². The van der Waals surface area contributed by atoms with Gasteiger partial charge in [0.25, 0.3) is 0 Å². The summed E-state index contributed by atoms with van der Waals surface area (Å²) in [5.41, 5.74) is 5.92. The van der Waals surface area contributed by atoms with Gasteiger partial charge < -0.3 is 15.2 Å². The molecule has 1 unspecified atom stereocenters. The van der Waals surface area contributed by atoms with Crippen LogP contribution in [0.15, 0.2) is 18.2 Å². The van der Waals surface area contributed by atoms with Crippen LogP contribution in [0, 0.1) is 5.82 Å². The van der Waals surface area contributed by atoms with Crippen molar-refractivity contribution in [1.82, 2.24) is 0 Å². The predicted molar refractivity (Wildman–Crippen MR) is 57.4 cm³/mol. The second kappa shape index (κ2) is 5.56. The van der Waals surface area contributed by atoms with Gasteiger partial charge in [-0.05, 0) is 19.1 Å². The van der Waals surface area contributed by atoms with Crippen LogP contribution < -0.4 is 10.5 Å². The Bertz CT molecular complexity index is 297. The van der Waals surface area contributed by atoms with Crippen molar-refractivity contribution in [2.45, 2.75) is 19.4 Å². The lowest BCUT2D eigenvalue weighted by molar-refractivity contribution is 0.132. The normalized spacial score (nSPS) is 12.5. The van der Waals surface area contributed by atoms with E-state index < -0.39 is 5.82 Å². The van der Waals surface area contributed by atoms with Crippen molar-refractivity contribution < 1.29 is 13.9 Å². The molecule has 0 aliphatic rings. The molecule has 0 heterocycles. The summed E-state index contributed by atoms with van der Waals surface area (Å²) in [7, 11) is 1.62. The van der Waals surface area contributed by atoms with Crippen molar-refractivity contribution in [3.8, 4) is 5.75 Å². The summed E-state index contributed by atoms with van der Waals surface area (Å²) in [4.78, 5) is 0. The summed E-state index contributed by atoms with van der Waals surface area (Å²) in [6, 6.07) is 4.49. The molecule has 0 bridgehead atoms. The Morgan fingerprint density at radius 3 is 2.80 bits per heavy atom. The molecule has 15 heavy (non-hydrogen) atoms. The molecule has 2 N–H and O–H groups in total. The third-order valence-corrected chi connectivity index (χ3v) is 2.04. The van der Waals surface area contributed by atoms with E-state index in [1.807, 2.05) is 6.92 Å². The standard InChI is InChI=1S/C11H16FNO2/c1-8(6-7-14-2)15-11-9(12)4-3-5-10(11)13/h3-5,8H,6-7,13H2,1-2H3. The molecule has 0 spiro atoms. The molecule has 0 aliphatic heterocycles. The quantitative estimate of drug-likeness (QED) is 0.763. The van der Waals surface area contributed by atoms with Crippen molar-refractivity contribution in [3.63, 3.8) is 0 Å². The molecule has 1 rings (SSSR count). The summed E-state index contributed by atoms with van der Waals surface area (Å²) >= 11 is 0. The first-order valence-corrected chi connectivity index (χ1v) is 4.84. The molecule has 0 aromatic heterocycles. The molecule has 0 amide bonds. The molecule has 1 aromatic carbocycles. The Hall–Kier alpha value is -1.29. The second-order valence-electron chi connectivity index (χ2n) is 3.37. The van der Waals surface area contributed by atoms with Crippen LogP contribution in [0.5, 0.6) is 5.75 Å². The first kappa shape index (κ1) is 11.8. The Labute approximate surface area is 89.0 Å². The maximum Gasteiger partial charge on any atom is 0.178 e. The molecule has 0 radical (unpaired) electrons. The fourth-order valence-corrected chi connectivity index (χ4v) is 1.19. The minimum Gasteiger partial charge on any atom is -0.485 e. The van der Waals surface area contributed by atoms with Crippen LogP contribution in [0.1, 0.15) is 13.3 Å². The summed E-state index contributed by atoms with van der Waals surface area (Å²) in [5, 5.41) is 0. The molecule has 84 valence electrons. The van der Waals surface area contributed by atoms with Gasteiger partial charge in [-0.1, -0.05) is 6.07 Å². The van der Waals surface area contributed by atoms with Crippen LogP contribution in [-0.2, 0) is 4.74 Å². The smallest absolute Gasteiger partial charge is 0.178 e. The summed E-state index contributed by atoms with van der Waals surface area (Å²) in [5.74, 6) is -0.305. The molecule has 0 fully saturated rings. The van der Waals surface area contributed by atoms with E-state index in [-0.39, 0.29) is 11.9 Å². The Morgan fingerprint density at radius 2 is 2.20 bits per heavy atom. The van der Waals surface area contributed by atoms with Gasteiger partial charge in [0.05, 0.1) is 11.8 Å². The number of hydrogen-bond donors (Lipinski definition) is 1. The highest BCUT2D eigenvalue weighted by Crippen LogP contribution is 2.26. The molecule has 1 aromatic rings. The van der Waals surface area contributed by atoms with Crippen molar-refractivity contribution in [1.29, 1.82) is 0 Å². The second-order valence-corrected chi connectivity index (χ2v) is 3.37. The van der Waals surface area contributed by atoms with E-state index in [0.717, 1.165) is 0 Å². The van der Waals surface area contributed by atoms with Crippen molar-refractivity contribution in [2.75, 3.05) is 19.5 Å². The number of hydrogen-bond acceptors (Lipinski definition) is 3. The minimum atomic E-state index is -0.431. The Morgan fingerprint density at radius 1 is 1.47 bits per heavy atom. The number of methoxy groups -OCH3 is 1. The first-order valence-electron chi connectivity index (χ1n) is 4.84. The van der Waals surface area contributed by atoms with Crippen molar-refractivity contribution in [3.05, 3.63) is 24.0 Å². The highest BCUT2D eigenvalue weighted by atomic mass is 19.1. The highest BCUT2D eigenvalue weighted by molar-refractivity contribution is 5.52. The van der Waals surface area contributed by atoms with E-state index in [4.69, 9.17) is 15.2 Å². The van der Waals surface area contributed by atoms with Crippen LogP contribution in [0.4, 0.5) is 10.1 Å². The molecule has 0 saturated heterocycles. The lowest BCUT2D eigenvalue weighted by Crippen LogP contribution is -2.15. The number of nitrogens with two attached hydrogens (primary N) is 1. The predicted octanol–water partition coefficient (Wildman–Crippen LogP) is 2.21. The average molecular weight is 213 g/mol. The SMILES string of the molecule is COCCC(C)Oc1c(N)cccc1F. The number of halogens is 1. The summed E-state index contributed by atoms with van der Waals surface area (Å²) < 4.78 is 23.6. The number of nitrogen functional groups attached to an aromatic ring is 1. The summed E-state index contributed by atoms with van der Waals surface area (Å²) in [6.07, 6.45) is 0.578. The largest absolute Gasteiger partial charge is 0.485 e. The van der Waals surface area contributed by atoms with Crippen LogP contribution in [0.2, 0.25) is 0 Å². The first-order chi connectivity index (χ1) is 7.15. The van der Waals surface area contributed by atoms with Gasteiger partial charge in [0.2, 0.25) is 0 Å². The Balaban J connectivity index is 2.63. The van der Waals surface area contributed by atoms with E-state index in [1.165, 1.54) is 6.07 Å². The van der Waals surface area contributed by atoms with Crippen LogP contribution in [0.3, 0.4) is 0 Å². The van der Waals surface area contributed by atoms with Crippen LogP contribution in [-0.4, -0.2) is 19.8 Å². The van der Waals surface area contributed by atoms with Crippen molar-refractivity contribution >= 4 is 5.69 Å². The fourth-order valence-electron chi connectivity index (χ4n) is 1.19. The van der Waals surface area contributed by atoms with Gasteiger partial charge in [-0.15, -0.1) is 0 Å². The highest BCUT2D eigenvalue weighted by Gasteiger charge is 2.11. The molecule has 3 nitrogen and oxygen atoms in total. The van der Waals surface area contributed by atoms with E-state index in [1.54, 1.807) is 19.2 Å². The summed E-state index contributed by atoms with van der Waals surface area (Å²) in [6.45, 7) is 2.43. The van der Waals surface area contributed by atoms with Crippen LogP contribution in [0.25, 0.3) is 0 Å². The minimum absolute atomic E-state index is 0.121. The Kier molecular flexibility index (Phi) is 4.37.